The predicted molar refractivity (Wildman–Crippen MR) is 72.0 cm³/mol. The van der Waals surface area contributed by atoms with Crippen LogP contribution in [0.25, 0.3) is 10.6 Å². The molecule has 0 fully saturated rings. The van der Waals surface area contributed by atoms with Gasteiger partial charge in [-0.15, -0.1) is 10.2 Å². The van der Waals surface area contributed by atoms with Crippen LogP contribution in [0.5, 0.6) is 0 Å². The fourth-order valence-electron chi connectivity index (χ4n) is 1.59. The number of hydrogen-bond acceptors (Lipinski definition) is 6. The molecule has 0 saturated heterocycles. The third kappa shape index (κ3) is 5.57. The monoisotopic (exact) mass is 329 g/mol. The zero-order valence-corrected chi connectivity index (χ0v) is 15.7. The maximum absolute atomic E-state index is 11.9. The summed E-state index contributed by atoms with van der Waals surface area (Å²) in [4.78, 5) is 22.1. The number of hydrogen-bond donors (Lipinski definition) is 1. The van der Waals surface area contributed by atoms with Crippen molar-refractivity contribution >= 4 is 23.2 Å². The fraction of sp³-hybridized carbons (Fsp3) is 0.231. The van der Waals surface area contributed by atoms with E-state index in [-0.39, 0.29) is 70.3 Å². The van der Waals surface area contributed by atoms with Gasteiger partial charge in [0.05, 0.1) is 0 Å². The number of aromatic nitrogens is 2. The van der Waals surface area contributed by atoms with Gasteiger partial charge in [0.15, 0.2) is 0 Å². The van der Waals surface area contributed by atoms with E-state index in [0.717, 1.165) is 15.6 Å². The number of carboxylic acid groups (broad SMARTS) is 1. The molecule has 2 rings (SSSR count). The second kappa shape index (κ2) is 8.72. The SMILES string of the molecule is Cc1nnc(-c2cccc(C(=O)NCCC(=O)[O-])c2)s1.[K+]. The molecule has 0 spiro atoms. The summed E-state index contributed by atoms with van der Waals surface area (Å²) in [6.07, 6.45) is -0.207. The Morgan fingerprint density at radius 1 is 1.33 bits per heavy atom. The molecule has 6 nitrogen and oxygen atoms in total. The van der Waals surface area contributed by atoms with Crippen LogP contribution in [0.2, 0.25) is 0 Å². The largest absolute Gasteiger partial charge is 1.00 e. The first-order valence-corrected chi connectivity index (χ1v) is 6.76. The van der Waals surface area contributed by atoms with Gasteiger partial charge in [0.2, 0.25) is 0 Å². The van der Waals surface area contributed by atoms with Gasteiger partial charge in [-0.25, -0.2) is 0 Å². The third-order valence-corrected chi connectivity index (χ3v) is 3.40. The van der Waals surface area contributed by atoms with Crippen molar-refractivity contribution < 1.29 is 66.1 Å². The predicted octanol–water partition coefficient (Wildman–Crippen LogP) is -2.61. The van der Waals surface area contributed by atoms with Crippen LogP contribution in [0.3, 0.4) is 0 Å². The topological polar surface area (TPSA) is 95.0 Å². The van der Waals surface area contributed by atoms with Crippen molar-refractivity contribution in [2.45, 2.75) is 13.3 Å². The minimum atomic E-state index is -1.19. The van der Waals surface area contributed by atoms with Crippen molar-refractivity contribution in [3.63, 3.8) is 0 Å². The molecule has 8 heteroatoms. The van der Waals surface area contributed by atoms with Gasteiger partial charge in [0.1, 0.15) is 10.0 Å². The zero-order valence-electron chi connectivity index (χ0n) is 11.8. The van der Waals surface area contributed by atoms with Gasteiger partial charge in [0, 0.05) is 30.1 Å². The van der Waals surface area contributed by atoms with E-state index in [4.69, 9.17) is 0 Å². The number of carboxylic acids is 1. The van der Waals surface area contributed by atoms with Crippen molar-refractivity contribution in [3.05, 3.63) is 34.8 Å². The molecule has 0 saturated carbocycles. The summed E-state index contributed by atoms with van der Waals surface area (Å²) in [5.74, 6) is -1.52. The van der Waals surface area contributed by atoms with E-state index in [2.05, 4.69) is 15.5 Å². The average molecular weight is 329 g/mol. The number of aryl methyl sites for hydroxylation is 1. The van der Waals surface area contributed by atoms with Crippen molar-refractivity contribution in [2.75, 3.05) is 6.54 Å². The van der Waals surface area contributed by atoms with Crippen molar-refractivity contribution in [3.8, 4) is 10.6 Å². The summed E-state index contributed by atoms with van der Waals surface area (Å²) in [6, 6.07) is 6.96. The first-order chi connectivity index (χ1) is 9.56. The summed E-state index contributed by atoms with van der Waals surface area (Å²) in [7, 11) is 0. The smallest absolute Gasteiger partial charge is 0.550 e. The minimum Gasteiger partial charge on any atom is -0.550 e. The average Bonchev–Trinajstić information content (AvgIpc) is 2.85. The van der Waals surface area contributed by atoms with Gasteiger partial charge >= 0.3 is 51.4 Å². The van der Waals surface area contributed by atoms with Gasteiger partial charge in [-0.1, -0.05) is 23.5 Å². The van der Waals surface area contributed by atoms with Crippen molar-refractivity contribution in [2.24, 2.45) is 0 Å². The molecule has 0 aliphatic heterocycles. The van der Waals surface area contributed by atoms with Crippen LogP contribution in [0.15, 0.2) is 24.3 Å². The van der Waals surface area contributed by atoms with E-state index in [1.54, 1.807) is 18.2 Å². The van der Waals surface area contributed by atoms with Crippen LogP contribution >= 0.6 is 11.3 Å². The van der Waals surface area contributed by atoms with Gasteiger partial charge < -0.3 is 15.2 Å². The maximum atomic E-state index is 11.9. The Morgan fingerprint density at radius 3 is 2.71 bits per heavy atom. The summed E-state index contributed by atoms with van der Waals surface area (Å²) >= 11 is 1.44. The summed E-state index contributed by atoms with van der Waals surface area (Å²) < 4.78 is 0. The molecule has 21 heavy (non-hydrogen) atoms. The number of carbonyl (C=O) groups is 2. The van der Waals surface area contributed by atoms with Crippen molar-refractivity contribution in [1.29, 1.82) is 0 Å². The molecule has 0 radical (unpaired) electrons. The molecule has 1 heterocycles. The van der Waals surface area contributed by atoms with E-state index >= 15 is 0 Å². The molecule has 1 aromatic heterocycles. The number of nitrogens with zero attached hydrogens (tertiary/aromatic N) is 2. The van der Waals surface area contributed by atoms with Gasteiger partial charge in [-0.3, -0.25) is 4.79 Å². The van der Waals surface area contributed by atoms with Gasteiger partial charge in [0.25, 0.3) is 5.91 Å². The molecule has 0 aliphatic rings. The van der Waals surface area contributed by atoms with Crippen LogP contribution in [-0.2, 0) is 4.79 Å². The summed E-state index contributed by atoms with van der Waals surface area (Å²) in [6.45, 7) is 1.90. The second-order valence-electron chi connectivity index (χ2n) is 4.08. The second-order valence-corrected chi connectivity index (χ2v) is 5.27. The molecule has 1 N–H and O–H groups in total. The number of amides is 1. The van der Waals surface area contributed by atoms with Crippen LogP contribution in [0.1, 0.15) is 21.8 Å². The number of benzene rings is 1. The van der Waals surface area contributed by atoms with E-state index in [1.807, 2.05) is 13.0 Å². The van der Waals surface area contributed by atoms with Crippen LogP contribution in [0, 0.1) is 6.92 Å². The number of nitrogens with one attached hydrogen (secondary N) is 1. The van der Waals surface area contributed by atoms with Crippen molar-refractivity contribution in [1.82, 2.24) is 15.5 Å². The van der Waals surface area contributed by atoms with Crippen LogP contribution in [-0.4, -0.2) is 28.6 Å². The molecule has 2 aromatic rings. The summed E-state index contributed by atoms with van der Waals surface area (Å²) in [5.41, 5.74) is 1.26. The Balaban J connectivity index is 0.00000220. The van der Waals surface area contributed by atoms with E-state index in [0.29, 0.717) is 5.56 Å². The standard InChI is InChI=1S/C13H13N3O3S.K/c1-8-15-16-13(20-8)10-4-2-3-9(7-10)12(19)14-6-5-11(17)18;/h2-4,7H,5-6H2,1H3,(H,14,19)(H,17,18);/q;+1/p-1. The number of carbonyl (C=O) groups excluding carboxylic acids is 2. The zero-order chi connectivity index (χ0) is 14.5. The van der Waals surface area contributed by atoms with E-state index in [9.17, 15) is 14.7 Å². The Hall–Kier alpha value is -0.644. The maximum Gasteiger partial charge on any atom is 1.00 e. The molecule has 0 bridgehead atoms. The Kier molecular flexibility index (Phi) is 7.64. The molecule has 0 unspecified atom stereocenters. The molecule has 0 aliphatic carbocycles. The molecule has 1 aromatic carbocycles. The fourth-order valence-corrected chi connectivity index (χ4v) is 2.27. The molecule has 104 valence electrons. The third-order valence-electron chi connectivity index (χ3n) is 2.51. The Labute approximate surface area is 168 Å². The van der Waals surface area contributed by atoms with E-state index in [1.165, 1.54) is 11.3 Å². The van der Waals surface area contributed by atoms with E-state index < -0.39 is 5.97 Å². The molecule has 0 atom stereocenters. The minimum absolute atomic E-state index is 0. The van der Waals surface area contributed by atoms with Crippen LogP contribution < -0.4 is 61.8 Å². The summed E-state index contributed by atoms with van der Waals surface area (Å²) in [5, 5.41) is 22.4. The Morgan fingerprint density at radius 2 is 2.10 bits per heavy atom. The quantitative estimate of drug-likeness (QED) is 0.607. The first kappa shape index (κ1) is 18.4. The Bertz CT molecular complexity index is 645. The normalized spacial score (nSPS) is 9.76. The van der Waals surface area contributed by atoms with Crippen LogP contribution in [0.4, 0.5) is 0 Å². The molecular formula is C13H12KN3O3S. The number of aliphatic carboxylic acids is 1. The molecular weight excluding hydrogens is 317 g/mol. The van der Waals surface area contributed by atoms with Gasteiger partial charge in [-0.2, -0.15) is 0 Å². The van der Waals surface area contributed by atoms with Gasteiger partial charge in [-0.05, 0) is 19.1 Å². The molecule has 1 amide bonds. The first-order valence-electron chi connectivity index (χ1n) is 5.95. The number of rotatable bonds is 5.